The standard InChI is InChI=1S/C26H38N2O/c1-3-5-7-9-23-18-27-26(28-19-23)24-14-16-25(17-15-24)29-20-22-12-10-21(11-13-22)8-6-4-2/h14-19,21-22H,3-13,20H2,1-2H3. The molecule has 0 unspecified atom stereocenters. The summed E-state index contributed by atoms with van der Waals surface area (Å²) in [4.78, 5) is 9.11. The maximum Gasteiger partial charge on any atom is 0.159 e. The summed E-state index contributed by atoms with van der Waals surface area (Å²) in [6, 6.07) is 8.26. The molecule has 1 aromatic heterocycles. The molecule has 0 aliphatic heterocycles. The fourth-order valence-electron chi connectivity index (χ4n) is 4.31. The lowest BCUT2D eigenvalue weighted by Crippen LogP contribution is -2.20. The number of ether oxygens (including phenoxy) is 1. The Morgan fingerprint density at radius 1 is 0.828 bits per heavy atom. The largest absolute Gasteiger partial charge is 0.493 e. The normalized spacial score (nSPS) is 19.2. The van der Waals surface area contributed by atoms with Gasteiger partial charge in [-0.25, -0.2) is 9.97 Å². The van der Waals surface area contributed by atoms with Gasteiger partial charge in [0.1, 0.15) is 5.75 Å². The molecule has 0 atom stereocenters. The van der Waals surface area contributed by atoms with Crippen LogP contribution in [0.1, 0.15) is 83.6 Å². The predicted octanol–water partition coefficient (Wildman–Crippen LogP) is 7.25. The van der Waals surface area contributed by atoms with Crippen LogP contribution in [0.25, 0.3) is 11.4 Å². The third kappa shape index (κ3) is 7.13. The van der Waals surface area contributed by atoms with E-state index in [0.29, 0.717) is 0 Å². The van der Waals surface area contributed by atoms with Crippen LogP contribution >= 0.6 is 0 Å². The van der Waals surface area contributed by atoms with Gasteiger partial charge in [-0.2, -0.15) is 0 Å². The molecule has 1 saturated carbocycles. The molecule has 3 heteroatoms. The summed E-state index contributed by atoms with van der Waals surface area (Å²) < 4.78 is 6.09. The van der Waals surface area contributed by atoms with Gasteiger partial charge in [0.05, 0.1) is 6.61 Å². The fraction of sp³-hybridized carbons (Fsp3) is 0.615. The molecular formula is C26H38N2O. The maximum absolute atomic E-state index is 6.09. The van der Waals surface area contributed by atoms with Crippen LogP contribution in [-0.4, -0.2) is 16.6 Å². The third-order valence-corrected chi connectivity index (χ3v) is 6.30. The molecule has 1 heterocycles. The van der Waals surface area contributed by atoms with Crippen LogP contribution in [0.3, 0.4) is 0 Å². The summed E-state index contributed by atoms with van der Waals surface area (Å²) in [5, 5.41) is 0. The van der Waals surface area contributed by atoms with E-state index in [1.54, 1.807) is 0 Å². The van der Waals surface area contributed by atoms with Gasteiger partial charge in [-0.3, -0.25) is 0 Å². The highest BCUT2D eigenvalue weighted by Crippen LogP contribution is 2.32. The van der Waals surface area contributed by atoms with Gasteiger partial charge in [0.25, 0.3) is 0 Å². The van der Waals surface area contributed by atoms with Crippen molar-refractivity contribution < 1.29 is 4.74 Å². The zero-order valence-corrected chi connectivity index (χ0v) is 18.4. The van der Waals surface area contributed by atoms with Crippen molar-refractivity contribution in [2.45, 2.75) is 84.5 Å². The van der Waals surface area contributed by atoms with Gasteiger partial charge in [0, 0.05) is 18.0 Å². The molecule has 1 aliphatic rings. The van der Waals surface area contributed by atoms with Crippen molar-refractivity contribution in [1.82, 2.24) is 9.97 Å². The number of benzene rings is 1. The fourth-order valence-corrected chi connectivity index (χ4v) is 4.31. The molecule has 0 amide bonds. The van der Waals surface area contributed by atoms with E-state index in [2.05, 4.69) is 48.1 Å². The van der Waals surface area contributed by atoms with Gasteiger partial charge in [0.2, 0.25) is 0 Å². The van der Waals surface area contributed by atoms with Crippen molar-refractivity contribution in [1.29, 1.82) is 0 Å². The molecule has 158 valence electrons. The Bertz CT molecular complexity index is 688. The van der Waals surface area contributed by atoms with Crippen molar-refractivity contribution >= 4 is 0 Å². The lowest BCUT2D eigenvalue weighted by Gasteiger charge is -2.28. The maximum atomic E-state index is 6.09. The van der Waals surface area contributed by atoms with E-state index >= 15 is 0 Å². The van der Waals surface area contributed by atoms with Gasteiger partial charge < -0.3 is 4.74 Å². The van der Waals surface area contributed by atoms with Gasteiger partial charge >= 0.3 is 0 Å². The average Bonchev–Trinajstić information content (AvgIpc) is 2.78. The van der Waals surface area contributed by atoms with Crippen molar-refractivity contribution in [3.63, 3.8) is 0 Å². The molecule has 0 saturated heterocycles. The molecule has 1 aromatic carbocycles. The molecule has 3 rings (SSSR count). The number of hydrogen-bond acceptors (Lipinski definition) is 3. The van der Waals surface area contributed by atoms with Crippen LogP contribution in [-0.2, 0) is 6.42 Å². The molecule has 0 spiro atoms. The lowest BCUT2D eigenvalue weighted by molar-refractivity contribution is 0.178. The summed E-state index contributed by atoms with van der Waals surface area (Å²) in [6.07, 6.45) is 18.3. The Balaban J connectivity index is 1.43. The van der Waals surface area contributed by atoms with Crippen LogP contribution in [0.5, 0.6) is 5.75 Å². The van der Waals surface area contributed by atoms with Gasteiger partial charge in [-0.15, -0.1) is 0 Å². The zero-order valence-electron chi connectivity index (χ0n) is 18.4. The molecule has 3 nitrogen and oxygen atoms in total. The van der Waals surface area contributed by atoms with E-state index in [-0.39, 0.29) is 0 Å². The Labute approximate surface area is 177 Å². The van der Waals surface area contributed by atoms with E-state index < -0.39 is 0 Å². The summed E-state index contributed by atoms with van der Waals surface area (Å²) in [7, 11) is 0. The quantitative estimate of drug-likeness (QED) is 0.376. The molecule has 1 aliphatic carbocycles. The van der Waals surface area contributed by atoms with Gasteiger partial charge in [-0.1, -0.05) is 58.8 Å². The molecule has 0 bridgehead atoms. The van der Waals surface area contributed by atoms with Crippen LogP contribution in [0.15, 0.2) is 36.7 Å². The summed E-state index contributed by atoms with van der Waals surface area (Å²) in [5.74, 6) is 3.43. The summed E-state index contributed by atoms with van der Waals surface area (Å²) in [5.41, 5.74) is 2.28. The molecule has 0 radical (unpaired) electrons. The van der Waals surface area contributed by atoms with E-state index in [4.69, 9.17) is 4.74 Å². The molecular weight excluding hydrogens is 356 g/mol. The number of hydrogen-bond donors (Lipinski definition) is 0. The van der Waals surface area contributed by atoms with Crippen LogP contribution in [0, 0.1) is 11.8 Å². The third-order valence-electron chi connectivity index (χ3n) is 6.30. The highest BCUT2D eigenvalue weighted by Gasteiger charge is 2.21. The van der Waals surface area contributed by atoms with Crippen molar-refractivity contribution in [2.24, 2.45) is 11.8 Å². The van der Waals surface area contributed by atoms with Gasteiger partial charge in [-0.05, 0) is 67.3 Å². The lowest BCUT2D eigenvalue weighted by atomic mass is 9.80. The Morgan fingerprint density at radius 3 is 2.14 bits per heavy atom. The van der Waals surface area contributed by atoms with E-state index in [1.165, 1.54) is 69.8 Å². The predicted molar refractivity (Wildman–Crippen MR) is 121 cm³/mol. The van der Waals surface area contributed by atoms with Crippen molar-refractivity contribution in [3.05, 3.63) is 42.2 Å². The first kappa shape index (κ1) is 21.8. The van der Waals surface area contributed by atoms with Gasteiger partial charge in [0.15, 0.2) is 5.82 Å². The SMILES string of the molecule is CCCCCc1cnc(-c2ccc(OCC3CCC(CCCC)CC3)cc2)nc1. The number of aryl methyl sites for hydroxylation is 1. The van der Waals surface area contributed by atoms with Crippen molar-refractivity contribution in [2.75, 3.05) is 6.61 Å². The minimum Gasteiger partial charge on any atom is -0.493 e. The highest BCUT2D eigenvalue weighted by atomic mass is 16.5. The topological polar surface area (TPSA) is 35.0 Å². The van der Waals surface area contributed by atoms with E-state index in [0.717, 1.165) is 42.0 Å². The van der Waals surface area contributed by atoms with Crippen LogP contribution in [0.2, 0.25) is 0 Å². The molecule has 1 fully saturated rings. The number of rotatable bonds is 11. The summed E-state index contributed by atoms with van der Waals surface area (Å²) >= 11 is 0. The zero-order chi connectivity index (χ0) is 20.3. The number of aromatic nitrogens is 2. The Hall–Kier alpha value is -1.90. The highest BCUT2D eigenvalue weighted by molar-refractivity contribution is 5.55. The van der Waals surface area contributed by atoms with Crippen LogP contribution in [0.4, 0.5) is 0 Å². The van der Waals surface area contributed by atoms with E-state index in [1.807, 2.05) is 12.4 Å². The average molecular weight is 395 g/mol. The van der Waals surface area contributed by atoms with Crippen molar-refractivity contribution in [3.8, 4) is 17.1 Å². The molecule has 0 N–H and O–H groups in total. The molecule has 2 aromatic rings. The minimum absolute atomic E-state index is 0.719. The number of unbranched alkanes of at least 4 members (excludes halogenated alkanes) is 3. The van der Waals surface area contributed by atoms with E-state index in [9.17, 15) is 0 Å². The molecule has 29 heavy (non-hydrogen) atoms. The number of nitrogens with zero attached hydrogens (tertiary/aromatic N) is 2. The second kappa shape index (κ2) is 11.9. The first-order chi connectivity index (χ1) is 14.3. The Kier molecular flexibility index (Phi) is 8.98. The first-order valence-electron chi connectivity index (χ1n) is 11.8. The first-order valence-corrected chi connectivity index (χ1v) is 11.8. The smallest absolute Gasteiger partial charge is 0.159 e. The second-order valence-electron chi connectivity index (χ2n) is 8.74. The minimum atomic E-state index is 0.719. The van der Waals surface area contributed by atoms with Crippen LogP contribution < -0.4 is 4.74 Å². The monoisotopic (exact) mass is 394 g/mol. The summed E-state index contributed by atoms with van der Waals surface area (Å²) in [6.45, 7) is 5.37. The second-order valence-corrected chi connectivity index (χ2v) is 8.74. The Morgan fingerprint density at radius 2 is 1.48 bits per heavy atom.